The monoisotopic (exact) mass is 529 g/mol. The van der Waals surface area contributed by atoms with Crippen LogP contribution in [-0.4, -0.2) is 91.8 Å². The minimum atomic E-state index is -3.89. The van der Waals surface area contributed by atoms with E-state index >= 15 is 0 Å². The summed E-state index contributed by atoms with van der Waals surface area (Å²) in [6.07, 6.45) is 3.14. The number of fused-ring (bicyclic) bond motifs is 1. The highest BCUT2D eigenvalue weighted by Gasteiger charge is 2.35. The van der Waals surface area contributed by atoms with Crippen LogP contribution in [0, 0.1) is 5.92 Å². The van der Waals surface area contributed by atoms with Crippen molar-refractivity contribution in [1.29, 1.82) is 0 Å². The summed E-state index contributed by atoms with van der Waals surface area (Å²) in [5.41, 5.74) is 0.283. The molecular formula is C21H31N5O7S2. The summed E-state index contributed by atoms with van der Waals surface area (Å²) in [6.45, 7) is 3.40. The first-order valence-electron chi connectivity index (χ1n) is 10.9. The Kier molecular flexibility index (Phi) is 7.79. The first kappa shape index (κ1) is 26.9. The van der Waals surface area contributed by atoms with Crippen molar-refractivity contribution in [3.05, 3.63) is 36.3 Å². The number of ether oxygens (including phenoxy) is 1. The number of nitrogens with one attached hydrogen (secondary N) is 1. The molecule has 1 aromatic carbocycles. The minimum absolute atomic E-state index is 0.0294. The van der Waals surface area contributed by atoms with E-state index in [9.17, 15) is 26.7 Å². The molecule has 3 rings (SSSR count). The number of nitrogens with zero attached hydrogens (tertiary/aromatic N) is 4. The number of aliphatic hydroxyl groups is 1. The Morgan fingerprint density at radius 2 is 2.00 bits per heavy atom. The molecule has 0 saturated carbocycles. The van der Waals surface area contributed by atoms with Crippen LogP contribution in [0.3, 0.4) is 0 Å². The van der Waals surface area contributed by atoms with Crippen LogP contribution in [0.4, 0.5) is 5.69 Å². The van der Waals surface area contributed by atoms with Crippen molar-refractivity contribution in [3.63, 3.8) is 0 Å². The zero-order valence-electron chi connectivity index (χ0n) is 20.2. The molecule has 35 heavy (non-hydrogen) atoms. The SMILES string of the molecule is C[C@@H]1CN([C@H](C)CO)C(=O)c2cc(NS(C)(=O)=O)ccc2O[C@H]1CN(C)S(=O)(=O)c1cn(C)cn1. The van der Waals surface area contributed by atoms with Gasteiger partial charge in [-0.1, -0.05) is 6.92 Å². The molecule has 0 radical (unpaired) electrons. The summed E-state index contributed by atoms with van der Waals surface area (Å²) in [6, 6.07) is 3.78. The normalized spacial score (nSPS) is 20.1. The van der Waals surface area contributed by atoms with Crippen LogP contribution in [-0.2, 0) is 27.1 Å². The van der Waals surface area contributed by atoms with E-state index < -0.39 is 38.1 Å². The largest absolute Gasteiger partial charge is 0.488 e. The smallest absolute Gasteiger partial charge is 0.261 e. The Morgan fingerprint density at radius 3 is 2.57 bits per heavy atom. The topological polar surface area (TPSA) is 151 Å². The number of anilines is 1. The fourth-order valence-electron chi connectivity index (χ4n) is 3.75. The van der Waals surface area contributed by atoms with Gasteiger partial charge in [0.1, 0.15) is 11.9 Å². The second-order valence-electron chi connectivity index (χ2n) is 8.87. The Hall–Kier alpha value is -2.68. The summed E-state index contributed by atoms with van der Waals surface area (Å²) in [5, 5.41) is 9.65. The summed E-state index contributed by atoms with van der Waals surface area (Å²) in [7, 11) is -4.37. The molecule has 0 saturated heterocycles. The molecule has 0 fully saturated rings. The average molecular weight is 530 g/mol. The number of amides is 1. The molecule has 2 aromatic rings. The molecule has 0 unspecified atom stereocenters. The van der Waals surface area contributed by atoms with Gasteiger partial charge in [0, 0.05) is 38.4 Å². The maximum atomic E-state index is 13.4. The van der Waals surface area contributed by atoms with Crippen molar-refractivity contribution in [2.75, 3.05) is 37.7 Å². The molecule has 2 heterocycles. The lowest BCUT2D eigenvalue weighted by atomic mass is 9.99. The van der Waals surface area contributed by atoms with Gasteiger partial charge >= 0.3 is 0 Å². The third kappa shape index (κ3) is 6.12. The van der Waals surface area contributed by atoms with Crippen LogP contribution in [0.15, 0.2) is 35.7 Å². The maximum absolute atomic E-state index is 13.4. The molecule has 14 heteroatoms. The number of benzene rings is 1. The molecule has 1 amide bonds. The van der Waals surface area contributed by atoms with Gasteiger partial charge in [0.2, 0.25) is 10.0 Å². The first-order chi connectivity index (χ1) is 16.2. The lowest BCUT2D eigenvalue weighted by Crippen LogP contribution is -2.50. The van der Waals surface area contributed by atoms with Gasteiger partial charge < -0.3 is 19.3 Å². The number of likely N-dealkylation sites (N-methyl/N-ethyl adjacent to an activating group) is 1. The van der Waals surface area contributed by atoms with Crippen LogP contribution >= 0.6 is 0 Å². The van der Waals surface area contributed by atoms with E-state index in [0.29, 0.717) is 0 Å². The van der Waals surface area contributed by atoms with Crippen molar-refractivity contribution >= 4 is 31.6 Å². The number of imidazole rings is 1. The van der Waals surface area contributed by atoms with E-state index in [2.05, 4.69) is 9.71 Å². The van der Waals surface area contributed by atoms with Crippen LogP contribution in [0.1, 0.15) is 24.2 Å². The Bertz CT molecular complexity index is 1290. The van der Waals surface area contributed by atoms with Crippen LogP contribution in [0.2, 0.25) is 0 Å². The summed E-state index contributed by atoms with van der Waals surface area (Å²) in [5.74, 6) is -0.556. The van der Waals surface area contributed by atoms with Crippen molar-refractivity contribution in [2.24, 2.45) is 13.0 Å². The molecule has 2 N–H and O–H groups in total. The zero-order valence-corrected chi connectivity index (χ0v) is 21.9. The van der Waals surface area contributed by atoms with E-state index in [0.717, 1.165) is 10.6 Å². The first-order valence-corrected chi connectivity index (χ1v) is 14.2. The van der Waals surface area contributed by atoms with Crippen molar-refractivity contribution < 1.29 is 31.5 Å². The molecular weight excluding hydrogens is 498 g/mol. The second kappa shape index (κ2) is 10.1. The highest BCUT2D eigenvalue weighted by Crippen LogP contribution is 2.31. The van der Waals surface area contributed by atoms with Gasteiger partial charge in [-0.2, -0.15) is 4.31 Å². The minimum Gasteiger partial charge on any atom is -0.488 e. The highest BCUT2D eigenvalue weighted by atomic mass is 32.2. The van der Waals surface area contributed by atoms with E-state index in [1.54, 1.807) is 14.0 Å². The third-order valence-electron chi connectivity index (χ3n) is 5.76. The molecule has 0 aliphatic carbocycles. The van der Waals surface area contributed by atoms with Crippen molar-refractivity contribution in [1.82, 2.24) is 18.8 Å². The molecule has 194 valence electrons. The molecule has 0 bridgehead atoms. The number of carbonyl (C=O) groups excluding carboxylic acids is 1. The number of carbonyl (C=O) groups is 1. The molecule has 1 aromatic heterocycles. The quantitative estimate of drug-likeness (QED) is 0.497. The third-order valence-corrected chi connectivity index (χ3v) is 8.08. The Morgan fingerprint density at radius 1 is 1.31 bits per heavy atom. The number of rotatable bonds is 8. The molecule has 3 atom stereocenters. The fourth-order valence-corrected chi connectivity index (χ4v) is 5.45. The van der Waals surface area contributed by atoms with E-state index in [-0.39, 0.29) is 47.6 Å². The maximum Gasteiger partial charge on any atom is 0.261 e. The summed E-state index contributed by atoms with van der Waals surface area (Å²) in [4.78, 5) is 18.8. The summed E-state index contributed by atoms with van der Waals surface area (Å²) < 4.78 is 60.6. The number of sulfonamides is 2. The number of aryl methyl sites for hydroxylation is 1. The lowest BCUT2D eigenvalue weighted by molar-refractivity contribution is 0.0387. The number of hydrogen-bond acceptors (Lipinski definition) is 8. The van der Waals surface area contributed by atoms with Crippen molar-refractivity contribution in [2.45, 2.75) is 31.0 Å². The number of hydrogen-bond donors (Lipinski definition) is 2. The zero-order chi connectivity index (χ0) is 26.1. The predicted molar refractivity (Wildman–Crippen MR) is 129 cm³/mol. The highest BCUT2D eigenvalue weighted by molar-refractivity contribution is 7.92. The van der Waals surface area contributed by atoms with E-state index in [1.165, 1.54) is 47.2 Å². The molecule has 12 nitrogen and oxygen atoms in total. The number of aromatic nitrogens is 2. The van der Waals surface area contributed by atoms with E-state index in [4.69, 9.17) is 4.74 Å². The molecule has 1 aliphatic heterocycles. The van der Waals surface area contributed by atoms with Gasteiger partial charge in [-0.05, 0) is 25.1 Å². The van der Waals surface area contributed by atoms with E-state index in [1.807, 2.05) is 6.92 Å². The summed E-state index contributed by atoms with van der Waals surface area (Å²) >= 11 is 0. The van der Waals surface area contributed by atoms with Crippen LogP contribution < -0.4 is 9.46 Å². The van der Waals surface area contributed by atoms with Crippen molar-refractivity contribution in [3.8, 4) is 5.75 Å². The second-order valence-corrected chi connectivity index (χ2v) is 12.6. The molecule has 1 aliphatic rings. The van der Waals surface area contributed by atoms with Gasteiger partial charge in [-0.15, -0.1) is 0 Å². The Balaban J connectivity index is 1.99. The Labute approximate surface area is 205 Å². The standard InChI is InChI=1S/C21H31N5O7S2/c1-14-9-26(15(2)12-27)21(28)17-8-16(23-34(5,29)30)6-7-18(17)33-19(14)10-25(4)35(31,32)20-11-24(3)13-22-20/h6-8,11,13-15,19,23,27H,9-10,12H2,1-5H3/t14-,15-,19+/m1/s1. The van der Waals surface area contributed by atoms with Crippen LogP contribution in [0.5, 0.6) is 5.75 Å². The van der Waals surface area contributed by atoms with Gasteiger partial charge in [-0.3, -0.25) is 9.52 Å². The van der Waals surface area contributed by atoms with Gasteiger partial charge in [-0.25, -0.2) is 21.8 Å². The fraction of sp³-hybridized carbons (Fsp3) is 0.524. The van der Waals surface area contributed by atoms with Gasteiger partial charge in [0.25, 0.3) is 15.9 Å². The van der Waals surface area contributed by atoms with Gasteiger partial charge in [0.05, 0.1) is 37.3 Å². The van der Waals surface area contributed by atoms with Gasteiger partial charge in [0.15, 0.2) is 5.03 Å². The predicted octanol–water partition coefficient (Wildman–Crippen LogP) is 0.332. The molecule has 0 spiro atoms. The van der Waals surface area contributed by atoms with Crippen LogP contribution in [0.25, 0.3) is 0 Å². The average Bonchev–Trinajstić information content (AvgIpc) is 3.22. The lowest BCUT2D eigenvalue weighted by Gasteiger charge is -2.38. The number of aliphatic hydroxyl groups excluding tert-OH is 1.